The van der Waals surface area contributed by atoms with Gasteiger partial charge in [-0.3, -0.25) is 14.4 Å². The number of aliphatic hydroxyl groups is 1. The van der Waals surface area contributed by atoms with Crippen LogP contribution in [0.1, 0.15) is 94.4 Å². The van der Waals surface area contributed by atoms with Crippen molar-refractivity contribution < 1.29 is 24.2 Å². The van der Waals surface area contributed by atoms with E-state index in [0.29, 0.717) is 38.9 Å². The number of aliphatic hydroxyl groups excluding tert-OH is 1. The van der Waals surface area contributed by atoms with Gasteiger partial charge in [0.2, 0.25) is 17.7 Å². The fraction of sp³-hybridized carbons (Fsp3) is 0.794. The molecule has 1 N–H and O–H groups in total. The molecule has 3 amide bonds. The number of hydrogen-bond acceptors (Lipinski definition) is 5. The van der Waals surface area contributed by atoms with Crippen LogP contribution in [0.2, 0.25) is 0 Å². The summed E-state index contributed by atoms with van der Waals surface area (Å²) >= 11 is 0. The van der Waals surface area contributed by atoms with Gasteiger partial charge < -0.3 is 24.5 Å². The Hall–Kier alpha value is -2.19. The van der Waals surface area contributed by atoms with Crippen molar-refractivity contribution in [2.75, 3.05) is 26.2 Å². The van der Waals surface area contributed by atoms with Crippen molar-refractivity contribution in [1.29, 1.82) is 0 Å². The maximum absolute atomic E-state index is 15.0. The molecule has 0 aromatic rings. The van der Waals surface area contributed by atoms with E-state index in [1.165, 1.54) is 0 Å². The summed E-state index contributed by atoms with van der Waals surface area (Å²) < 4.78 is 7.02. The third kappa shape index (κ3) is 5.70. The summed E-state index contributed by atoms with van der Waals surface area (Å²) in [4.78, 5) is 49.3. The highest BCUT2D eigenvalue weighted by molar-refractivity contribution is 5.99. The predicted molar refractivity (Wildman–Crippen MR) is 167 cm³/mol. The minimum atomic E-state index is -1.14. The smallest absolute Gasteiger partial charge is 0.249 e. The fourth-order valence-corrected chi connectivity index (χ4v) is 8.51. The highest BCUT2D eigenvalue weighted by atomic mass is 16.5. The maximum Gasteiger partial charge on any atom is 0.249 e. The number of nitrogens with zero attached hydrogens (tertiary/aromatic N) is 3. The van der Waals surface area contributed by atoms with Crippen LogP contribution < -0.4 is 0 Å². The van der Waals surface area contributed by atoms with Gasteiger partial charge in [0.15, 0.2) is 0 Å². The van der Waals surface area contributed by atoms with Crippen molar-refractivity contribution in [2.24, 2.45) is 23.2 Å². The number of carbonyl (C=O) groups excluding carboxylic acids is 3. The number of likely N-dealkylation sites (tertiary alicyclic amines) is 1. The first-order chi connectivity index (χ1) is 19.5. The average molecular weight is 588 g/mol. The van der Waals surface area contributed by atoms with E-state index in [2.05, 4.69) is 47.8 Å². The van der Waals surface area contributed by atoms with Crippen LogP contribution in [-0.4, -0.2) is 92.6 Å². The lowest BCUT2D eigenvalue weighted by molar-refractivity contribution is -0.162. The van der Waals surface area contributed by atoms with Gasteiger partial charge in [0.25, 0.3) is 0 Å². The lowest BCUT2D eigenvalue weighted by Crippen LogP contribution is -2.63. The SMILES string of the molecule is C=CCN(CCC)C(=O)[C@H]1[C@H]2C(=O)N([C@@H](CO)C(C)C)C(C(=O)N(CC=C)C(C)(C)CC(C)(C)C)C23CC[C@]1(CC)O3. The summed E-state index contributed by atoms with van der Waals surface area (Å²) in [5, 5.41) is 10.6. The Morgan fingerprint density at radius 2 is 1.71 bits per heavy atom. The van der Waals surface area contributed by atoms with Crippen molar-refractivity contribution in [3.05, 3.63) is 25.3 Å². The molecule has 6 atom stereocenters. The van der Waals surface area contributed by atoms with Gasteiger partial charge in [0, 0.05) is 25.2 Å². The Labute approximate surface area is 254 Å². The standard InChI is InChI=1S/C34H57N3O5/c1-12-18-35(19-13-2)28(39)25-26-29(40)37(24(21-38)23(5)6)27(34(26)17-16-33(25,15-4)42-34)30(41)36(20-14-3)32(10,11)22-31(7,8)9/h12,14,23-27,38H,1,3,13,15-22H2,2,4-11H3/t24-,25+,26-,27?,33-,34?/m0/s1. The Morgan fingerprint density at radius 3 is 2.19 bits per heavy atom. The molecule has 3 fully saturated rings. The molecule has 3 aliphatic rings. The summed E-state index contributed by atoms with van der Waals surface area (Å²) in [7, 11) is 0. The van der Waals surface area contributed by atoms with Crippen LogP contribution in [0.15, 0.2) is 25.3 Å². The second-order valence-corrected chi connectivity index (χ2v) is 14.9. The van der Waals surface area contributed by atoms with E-state index >= 15 is 4.79 Å². The monoisotopic (exact) mass is 587 g/mol. The second-order valence-electron chi connectivity index (χ2n) is 14.9. The zero-order valence-corrected chi connectivity index (χ0v) is 27.7. The van der Waals surface area contributed by atoms with Crippen molar-refractivity contribution in [3.63, 3.8) is 0 Å². The fourth-order valence-electron chi connectivity index (χ4n) is 8.51. The number of carbonyl (C=O) groups is 3. The predicted octanol–water partition coefficient (Wildman–Crippen LogP) is 4.81. The molecule has 0 aromatic carbocycles. The lowest BCUT2D eigenvalue weighted by atomic mass is 9.64. The molecular weight excluding hydrogens is 530 g/mol. The Bertz CT molecular complexity index is 1050. The third-order valence-corrected chi connectivity index (χ3v) is 9.86. The summed E-state index contributed by atoms with van der Waals surface area (Å²) in [5.41, 5.74) is -2.56. The Kier molecular flexibility index (Phi) is 10.2. The first-order valence-electron chi connectivity index (χ1n) is 16.0. The molecular formula is C34H57N3O5. The van der Waals surface area contributed by atoms with Gasteiger partial charge in [-0.15, -0.1) is 13.2 Å². The molecule has 1 spiro atoms. The topological polar surface area (TPSA) is 90.4 Å². The molecule has 2 bridgehead atoms. The number of hydrogen-bond donors (Lipinski definition) is 1. The van der Waals surface area contributed by atoms with Crippen molar-refractivity contribution in [1.82, 2.24) is 14.7 Å². The quantitative estimate of drug-likeness (QED) is 0.295. The maximum atomic E-state index is 15.0. The van der Waals surface area contributed by atoms with Gasteiger partial charge in [0.05, 0.1) is 30.1 Å². The van der Waals surface area contributed by atoms with Gasteiger partial charge in [-0.2, -0.15) is 0 Å². The zero-order chi connectivity index (χ0) is 31.8. The average Bonchev–Trinajstić information content (AvgIpc) is 3.49. The molecule has 3 saturated heterocycles. The molecule has 8 heteroatoms. The molecule has 42 heavy (non-hydrogen) atoms. The molecule has 0 saturated carbocycles. The summed E-state index contributed by atoms with van der Waals surface area (Å²) in [6, 6.07) is -1.53. The Morgan fingerprint density at radius 1 is 1.10 bits per heavy atom. The number of rotatable bonds is 14. The second kappa shape index (κ2) is 12.4. The molecule has 0 aliphatic carbocycles. The van der Waals surface area contributed by atoms with Gasteiger partial charge in [-0.25, -0.2) is 0 Å². The first-order valence-corrected chi connectivity index (χ1v) is 16.0. The highest BCUT2D eigenvalue weighted by Gasteiger charge is 2.79. The van der Waals surface area contributed by atoms with Crippen molar-refractivity contribution in [2.45, 2.75) is 123 Å². The van der Waals surface area contributed by atoms with Gasteiger partial charge in [0.1, 0.15) is 11.6 Å². The number of amides is 3. The molecule has 3 heterocycles. The minimum Gasteiger partial charge on any atom is -0.394 e. The molecule has 0 radical (unpaired) electrons. The van der Waals surface area contributed by atoms with Gasteiger partial charge in [-0.1, -0.05) is 60.6 Å². The lowest BCUT2D eigenvalue weighted by Gasteiger charge is -2.47. The van der Waals surface area contributed by atoms with Crippen LogP contribution in [-0.2, 0) is 19.1 Å². The summed E-state index contributed by atoms with van der Waals surface area (Å²) in [6.07, 6.45) is 6.66. The first kappa shape index (κ1) is 34.3. The van der Waals surface area contributed by atoms with Crippen LogP contribution in [0.25, 0.3) is 0 Å². The van der Waals surface area contributed by atoms with Crippen LogP contribution >= 0.6 is 0 Å². The molecule has 238 valence electrons. The van der Waals surface area contributed by atoms with E-state index in [9.17, 15) is 14.7 Å². The van der Waals surface area contributed by atoms with E-state index in [0.717, 1.165) is 12.8 Å². The van der Waals surface area contributed by atoms with Crippen LogP contribution in [0, 0.1) is 23.2 Å². The number of fused-ring (bicyclic) bond motifs is 1. The van der Waals surface area contributed by atoms with Gasteiger partial charge in [-0.05, 0) is 57.3 Å². The largest absolute Gasteiger partial charge is 0.394 e. The molecule has 3 aliphatic heterocycles. The molecule has 3 rings (SSSR count). The van der Waals surface area contributed by atoms with Crippen LogP contribution in [0.5, 0.6) is 0 Å². The molecule has 2 unspecified atom stereocenters. The van der Waals surface area contributed by atoms with Crippen LogP contribution in [0.4, 0.5) is 0 Å². The van der Waals surface area contributed by atoms with Gasteiger partial charge >= 0.3 is 0 Å². The highest BCUT2D eigenvalue weighted by Crippen LogP contribution is 2.65. The van der Waals surface area contributed by atoms with E-state index in [4.69, 9.17) is 4.74 Å². The normalized spacial score (nSPS) is 29.5. The summed E-state index contributed by atoms with van der Waals surface area (Å²) in [6.45, 7) is 27.3. The van der Waals surface area contributed by atoms with E-state index in [1.54, 1.807) is 22.0 Å². The number of ether oxygens (including phenoxy) is 1. The van der Waals surface area contributed by atoms with E-state index in [1.807, 2.05) is 32.6 Å². The minimum absolute atomic E-state index is 0.0548. The van der Waals surface area contributed by atoms with Crippen molar-refractivity contribution >= 4 is 17.7 Å². The summed E-state index contributed by atoms with van der Waals surface area (Å²) in [5.74, 6) is -2.15. The molecule has 0 aromatic heterocycles. The van der Waals surface area contributed by atoms with E-state index < -0.39 is 40.7 Å². The zero-order valence-electron chi connectivity index (χ0n) is 27.7. The Balaban J connectivity index is 2.23. The van der Waals surface area contributed by atoms with Crippen LogP contribution in [0.3, 0.4) is 0 Å². The molecule has 8 nitrogen and oxygen atoms in total. The van der Waals surface area contributed by atoms with E-state index in [-0.39, 0.29) is 35.7 Å². The van der Waals surface area contributed by atoms with Crippen molar-refractivity contribution in [3.8, 4) is 0 Å². The third-order valence-electron chi connectivity index (χ3n) is 9.86.